The first-order chi connectivity index (χ1) is 26.5. The Morgan fingerprint density at radius 3 is 1.73 bits per heavy atom. The Morgan fingerprint density at radius 2 is 1.15 bits per heavy atom. The number of hydrogen-bond donors (Lipinski definition) is 3. The van der Waals surface area contributed by atoms with E-state index in [9.17, 15) is 19.3 Å². The summed E-state index contributed by atoms with van der Waals surface area (Å²) in [5.74, 6) is -0.190. The molecule has 0 spiro atoms. The van der Waals surface area contributed by atoms with Gasteiger partial charge in [0.25, 0.3) is 0 Å². The molecule has 1 unspecified atom stereocenters. The molecule has 0 aromatic heterocycles. The van der Waals surface area contributed by atoms with Crippen molar-refractivity contribution in [3.05, 3.63) is 72.9 Å². The van der Waals surface area contributed by atoms with Crippen LogP contribution in [-0.4, -0.2) is 52.3 Å². The van der Waals surface area contributed by atoms with Crippen LogP contribution in [0, 0.1) is 5.92 Å². The molecule has 0 saturated heterocycles. The van der Waals surface area contributed by atoms with Crippen LogP contribution in [0.4, 0.5) is 0 Å². The van der Waals surface area contributed by atoms with Crippen LogP contribution in [0.1, 0.15) is 168 Å². The monoisotopic (exact) mass is 793 g/mol. The molecule has 10 heteroatoms. The average molecular weight is 793 g/mol. The van der Waals surface area contributed by atoms with Crippen molar-refractivity contribution in [3.63, 3.8) is 0 Å². The summed E-state index contributed by atoms with van der Waals surface area (Å²) < 4.78 is 26.3. The van der Waals surface area contributed by atoms with E-state index in [1.54, 1.807) is 6.08 Å². The summed E-state index contributed by atoms with van der Waals surface area (Å²) in [4.78, 5) is 42.8. The first kappa shape index (κ1) is 52.5. The lowest BCUT2D eigenvalue weighted by Gasteiger charge is -2.18. The molecule has 316 valence electrons. The molecular formula is C45H77O9P. The number of esters is 2. The molecule has 0 amide bonds. The van der Waals surface area contributed by atoms with E-state index in [1.807, 2.05) is 48.6 Å². The van der Waals surface area contributed by atoms with Gasteiger partial charge in [-0.2, -0.15) is 0 Å². The van der Waals surface area contributed by atoms with Crippen LogP contribution in [0.3, 0.4) is 0 Å². The summed E-state index contributed by atoms with van der Waals surface area (Å²) in [6, 6.07) is 0. The highest BCUT2D eigenvalue weighted by Gasteiger charge is 2.22. The van der Waals surface area contributed by atoms with Gasteiger partial charge in [-0.05, 0) is 50.9 Å². The molecule has 0 bridgehead atoms. The zero-order valence-electron chi connectivity index (χ0n) is 34.6. The number of phosphoric acid groups is 1. The summed E-state index contributed by atoms with van der Waals surface area (Å²) in [5, 5.41) is 9.97. The van der Waals surface area contributed by atoms with Crippen LogP contribution in [0.2, 0.25) is 0 Å². The lowest BCUT2D eigenvalue weighted by molar-refractivity contribution is -0.161. The zero-order chi connectivity index (χ0) is 40.7. The van der Waals surface area contributed by atoms with Crippen LogP contribution >= 0.6 is 7.82 Å². The maximum Gasteiger partial charge on any atom is 0.469 e. The van der Waals surface area contributed by atoms with Gasteiger partial charge in [-0.25, -0.2) is 4.57 Å². The average Bonchev–Trinajstić information content (AvgIpc) is 3.13. The molecule has 9 nitrogen and oxygen atoms in total. The number of aliphatic hydroxyl groups is 1. The fourth-order valence-corrected chi connectivity index (χ4v) is 5.97. The molecule has 0 rings (SSSR count). The number of carbonyl (C=O) groups excluding carboxylic acids is 2. The van der Waals surface area contributed by atoms with Gasteiger partial charge in [0.1, 0.15) is 6.61 Å². The number of hydrogen-bond acceptors (Lipinski definition) is 7. The van der Waals surface area contributed by atoms with E-state index < -0.39 is 38.6 Å². The van der Waals surface area contributed by atoms with Gasteiger partial charge < -0.3 is 24.4 Å². The topological polar surface area (TPSA) is 140 Å². The number of aliphatic hydroxyl groups excluding tert-OH is 1. The van der Waals surface area contributed by atoms with Crippen molar-refractivity contribution in [2.45, 2.75) is 181 Å². The number of phosphoric ester groups is 1. The van der Waals surface area contributed by atoms with Gasteiger partial charge in [0.2, 0.25) is 0 Å². The molecule has 0 aliphatic heterocycles. The molecule has 0 fully saturated rings. The predicted molar refractivity (Wildman–Crippen MR) is 226 cm³/mol. The molecular weight excluding hydrogens is 715 g/mol. The molecule has 0 aliphatic carbocycles. The minimum absolute atomic E-state index is 0.0614. The van der Waals surface area contributed by atoms with Gasteiger partial charge in [-0.3, -0.25) is 14.1 Å². The Balaban J connectivity index is 4.10. The van der Waals surface area contributed by atoms with Crippen LogP contribution < -0.4 is 0 Å². The normalized spacial score (nSPS) is 13.9. The van der Waals surface area contributed by atoms with Crippen LogP contribution in [0.15, 0.2) is 72.9 Å². The lowest BCUT2D eigenvalue weighted by Crippen LogP contribution is -2.29. The Hall–Kier alpha value is -2.55. The van der Waals surface area contributed by atoms with Gasteiger partial charge in [0.15, 0.2) is 6.10 Å². The molecule has 0 heterocycles. The Kier molecular flexibility index (Phi) is 36.6. The number of carbonyl (C=O) groups is 2. The second-order valence-corrected chi connectivity index (χ2v) is 15.9. The first-order valence-electron chi connectivity index (χ1n) is 21.2. The maximum atomic E-state index is 12.4. The third-order valence-electron chi connectivity index (χ3n) is 8.76. The summed E-state index contributed by atoms with van der Waals surface area (Å²) in [6.07, 6.45) is 45.2. The molecule has 0 aromatic carbocycles. The second-order valence-electron chi connectivity index (χ2n) is 14.6. The fourth-order valence-electron chi connectivity index (χ4n) is 5.61. The van der Waals surface area contributed by atoms with Crippen molar-refractivity contribution in [3.8, 4) is 0 Å². The van der Waals surface area contributed by atoms with E-state index in [4.69, 9.17) is 19.3 Å². The number of rotatable bonds is 37. The van der Waals surface area contributed by atoms with E-state index in [2.05, 4.69) is 43.5 Å². The van der Waals surface area contributed by atoms with Crippen molar-refractivity contribution in [2.24, 2.45) is 5.92 Å². The van der Waals surface area contributed by atoms with Gasteiger partial charge in [0.05, 0.1) is 12.7 Å². The fraction of sp³-hybridized carbons (Fsp3) is 0.689. The Morgan fingerprint density at radius 1 is 0.618 bits per heavy atom. The van der Waals surface area contributed by atoms with Gasteiger partial charge >= 0.3 is 19.8 Å². The number of unbranched alkanes of at least 4 members (excludes halogenated alkanes) is 13. The minimum atomic E-state index is -4.79. The molecule has 0 aliphatic rings. The highest BCUT2D eigenvalue weighted by molar-refractivity contribution is 7.46. The second kappa shape index (κ2) is 38.3. The van der Waals surface area contributed by atoms with Crippen molar-refractivity contribution >= 4 is 19.8 Å². The number of allylic oxidation sites excluding steroid dienone is 10. The van der Waals surface area contributed by atoms with E-state index in [1.165, 1.54) is 70.6 Å². The summed E-state index contributed by atoms with van der Waals surface area (Å²) >= 11 is 0. The van der Waals surface area contributed by atoms with Crippen molar-refractivity contribution in [1.29, 1.82) is 0 Å². The standard InChI is InChI=1S/C45H77O9P/c1-4-5-6-7-25-30-35-42(46)36-31-26-21-17-14-15-19-23-28-33-38-45(48)54-43(40-53-55(49,50)51)39-52-44(47)37-32-27-22-18-13-11-9-8-10-12-16-20-24-29-34-41(2)3/h5-6,14-15,21,23,25-26,28,30-31,36,41-43,46H,4,7-13,16-20,22,24,27,29,32-35,37-40H2,1-3H3,(H2,49,50,51)/b6-5-,15-14-,26-21-,28-23-,30-25-,36-31+/t42?,43-/m1/s1. The van der Waals surface area contributed by atoms with Crippen LogP contribution in [-0.2, 0) is 28.2 Å². The molecule has 0 aromatic rings. The predicted octanol–water partition coefficient (Wildman–Crippen LogP) is 11.9. The van der Waals surface area contributed by atoms with Crippen LogP contribution in [0.25, 0.3) is 0 Å². The van der Waals surface area contributed by atoms with Crippen LogP contribution in [0.5, 0.6) is 0 Å². The zero-order valence-corrected chi connectivity index (χ0v) is 35.5. The highest BCUT2D eigenvalue weighted by Crippen LogP contribution is 2.36. The van der Waals surface area contributed by atoms with Gasteiger partial charge in [0, 0.05) is 12.8 Å². The minimum Gasteiger partial charge on any atom is -0.462 e. The molecule has 3 N–H and O–H groups in total. The molecule has 0 radical (unpaired) electrons. The summed E-state index contributed by atoms with van der Waals surface area (Å²) in [6.45, 7) is 5.78. The molecule has 0 saturated carbocycles. The van der Waals surface area contributed by atoms with Crippen molar-refractivity contribution in [2.75, 3.05) is 13.2 Å². The molecule has 55 heavy (non-hydrogen) atoms. The first-order valence-corrected chi connectivity index (χ1v) is 22.7. The summed E-state index contributed by atoms with van der Waals surface area (Å²) in [7, 11) is -4.79. The van der Waals surface area contributed by atoms with Gasteiger partial charge in [-0.15, -0.1) is 0 Å². The lowest BCUT2D eigenvalue weighted by atomic mass is 10.0. The van der Waals surface area contributed by atoms with E-state index >= 15 is 0 Å². The maximum absolute atomic E-state index is 12.4. The highest BCUT2D eigenvalue weighted by atomic mass is 31.2. The third kappa shape index (κ3) is 42.4. The smallest absolute Gasteiger partial charge is 0.462 e. The third-order valence-corrected chi connectivity index (χ3v) is 9.25. The largest absolute Gasteiger partial charge is 0.469 e. The van der Waals surface area contributed by atoms with E-state index in [0.29, 0.717) is 25.7 Å². The van der Waals surface area contributed by atoms with E-state index in [-0.39, 0.29) is 19.4 Å². The van der Waals surface area contributed by atoms with E-state index in [0.717, 1.165) is 44.4 Å². The van der Waals surface area contributed by atoms with Crippen molar-refractivity contribution < 1.29 is 43.0 Å². The van der Waals surface area contributed by atoms with Gasteiger partial charge in [-0.1, -0.05) is 184 Å². The van der Waals surface area contributed by atoms with Crippen molar-refractivity contribution in [1.82, 2.24) is 0 Å². The Bertz CT molecular complexity index is 1150. The molecule has 2 atom stereocenters. The quantitative estimate of drug-likeness (QED) is 0.0184. The summed E-state index contributed by atoms with van der Waals surface area (Å²) in [5.41, 5.74) is 0. The Labute approximate surface area is 334 Å². The SMILES string of the molecule is CC/C=C\C/C=C\CC(O)/C=C/C=C\C/C=C\C/C=C\CCC(=O)O[C@H](COC(=O)CCCCCCCCCCCCCCCCC(C)C)COP(=O)(O)O. The number of ether oxygens (including phenoxy) is 2.